The highest BCUT2D eigenvalue weighted by Gasteiger charge is 2.12. The summed E-state index contributed by atoms with van der Waals surface area (Å²) in [6, 6.07) is 7.60. The number of urea groups is 1. The number of hydrogen-bond donors (Lipinski definition) is 1. The number of anilines is 1. The number of hydrogen-bond acceptors (Lipinski definition) is 3. The molecule has 1 aromatic carbocycles. The molecule has 5 nitrogen and oxygen atoms in total. The summed E-state index contributed by atoms with van der Waals surface area (Å²) < 4.78 is 4.99. The second kappa shape index (κ2) is 5.77. The van der Waals surface area contributed by atoms with Crippen molar-refractivity contribution in [3.05, 3.63) is 46.8 Å². The maximum atomic E-state index is 12.1. The topological polar surface area (TPSA) is 58.4 Å². The molecule has 1 heterocycles. The van der Waals surface area contributed by atoms with Crippen molar-refractivity contribution < 1.29 is 9.32 Å². The Hall–Kier alpha value is -2.30. The summed E-state index contributed by atoms with van der Waals surface area (Å²) in [5, 5.41) is 6.76. The van der Waals surface area contributed by atoms with E-state index in [2.05, 4.69) is 16.5 Å². The van der Waals surface area contributed by atoms with Gasteiger partial charge in [0, 0.05) is 18.8 Å². The van der Waals surface area contributed by atoms with Crippen molar-refractivity contribution in [3.63, 3.8) is 0 Å². The molecule has 0 aliphatic carbocycles. The number of carbonyl (C=O) groups excluding carboxylic acids is 1. The molecular formula is C15H19N3O2. The lowest BCUT2D eigenvalue weighted by Crippen LogP contribution is -2.31. The molecule has 0 bridgehead atoms. The predicted octanol–water partition coefficient (Wildman–Crippen LogP) is 3.26. The molecule has 20 heavy (non-hydrogen) atoms. The van der Waals surface area contributed by atoms with Gasteiger partial charge < -0.3 is 14.7 Å². The SMILES string of the molecule is Cc1cc(C)cc(NC(=O)N(C)Cc2cc(C)on2)c1. The molecule has 0 saturated heterocycles. The molecule has 2 amide bonds. The molecule has 5 heteroatoms. The van der Waals surface area contributed by atoms with Gasteiger partial charge in [-0.15, -0.1) is 0 Å². The summed E-state index contributed by atoms with van der Waals surface area (Å²) >= 11 is 0. The first-order chi connectivity index (χ1) is 9.44. The average molecular weight is 273 g/mol. The van der Waals surface area contributed by atoms with Crippen LogP contribution in [0.3, 0.4) is 0 Å². The van der Waals surface area contributed by atoms with Crippen LogP contribution < -0.4 is 5.32 Å². The van der Waals surface area contributed by atoms with E-state index in [4.69, 9.17) is 4.52 Å². The normalized spacial score (nSPS) is 10.4. The predicted molar refractivity (Wildman–Crippen MR) is 77.6 cm³/mol. The standard InChI is InChI=1S/C15H19N3O2/c1-10-5-11(2)7-13(6-10)16-15(19)18(4)9-14-8-12(3)20-17-14/h5-8H,9H2,1-4H3,(H,16,19). The zero-order chi connectivity index (χ0) is 14.7. The van der Waals surface area contributed by atoms with Crippen LogP contribution in [0.2, 0.25) is 0 Å². The summed E-state index contributed by atoms with van der Waals surface area (Å²) in [6.45, 7) is 6.25. The molecule has 1 aromatic heterocycles. The van der Waals surface area contributed by atoms with Crippen molar-refractivity contribution in [1.29, 1.82) is 0 Å². The van der Waals surface area contributed by atoms with Gasteiger partial charge in [0.15, 0.2) is 0 Å². The lowest BCUT2D eigenvalue weighted by atomic mass is 10.1. The number of rotatable bonds is 3. The van der Waals surface area contributed by atoms with Gasteiger partial charge in [-0.3, -0.25) is 0 Å². The van der Waals surface area contributed by atoms with E-state index in [-0.39, 0.29) is 6.03 Å². The van der Waals surface area contributed by atoms with E-state index in [1.54, 1.807) is 11.9 Å². The molecule has 0 aliphatic heterocycles. The Balaban J connectivity index is 2.00. The third-order valence-corrected chi connectivity index (χ3v) is 2.90. The smallest absolute Gasteiger partial charge is 0.321 e. The number of aryl methyl sites for hydroxylation is 3. The third-order valence-electron chi connectivity index (χ3n) is 2.90. The zero-order valence-electron chi connectivity index (χ0n) is 12.2. The number of carbonyl (C=O) groups is 1. The van der Waals surface area contributed by atoms with Crippen molar-refractivity contribution in [2.75, 3.05) is 12.4 Å². The van der Waals surface area contributed by atoms with Crippen LogP contribution in [-0.4, -0.2) is 23.1 Å². The van der Waals surface area contributed by atoms with Crippen molar-refractivity contribution in [2.24, 2.45) is 0 Å². The minimum absolute atomic E-state index is 0.171. The highest BCUT2D eigenvalue weighted by atomic mass is 16.5. The molecule has 0 aliphatic rings. The van der Waals surface area contributed by atoms with Crippen molar-refractivity contribution in [1.82, 2.24) is 10.1 Å². The van der Waals surface area contributed by atoms with E-state index in [0.717, 1.165) is 28.3 Å². The molecular weight excluding hydrogens is 254 g/mol. The van der Waals surface area contributed by atoms with E-state index in [0.29, 0.717) is 6.54 Å². The van der Waals surface area contributed by atoms with Crippen LogP contribution >= 0.6 is 0 Å². The third kappa shape index (κ3) is 3.60. The summed E-state index contributed by atoms with van der Waals surface area (Å²) in [5.74, 6) is 0.739. The fraction of sp³-hybridized carbons (Fsp3) is 0.333. The number of amides is 2. The monoisotopic (exact) mass is 273 g/mol. The number of aromatic nitrogens is 1. The molecule has 2 rings (SSSR count). The van der Waals surface area contributed by atoms with Gasteiger partial charge in [-0.05, 0) is 44.0 Å². The van der Waals surface area contributed by atoms with Crippen LogP contribution in [0.25, 0.3) is 0 Å². The minimum Gasteiger partial charge on any atom is -0.361 e. The van der Waals surface area contributed by atoms with Crippen LogP contribution in [0.4, 0.5) is 10.5 Å². The van der Waals surface area contributed by atoms with Gasteiger partial charge in [-0.1, -0.05) is 11.2 Å². The molecule has 0 saturated carbocycles. The molecule has 0 unspecified atom stereocenters. The van der Waals surface area contributed by atoms with Gasteiger partial charge in [0.05, 0.1) is 6.54 Å². The maximum Gasteiger partial charge on any atom is 0.321 e. The largest absolute Gasteiger partial charge is 0.361 e. The molecule has 0 radical (unpaired) electrons. The molecule has 0 fully saturated rings. The Morgan fingerprint density at radius 1 is 1.20 bits per heavy atom. The first-order valence-corrected chi connectivity index (χ1v) is 6.46. The molecule has 0 atom stereocenters. The lowest BCUT2D eigenvalue weighted by Gasteiger charge is -2.17. The highest BCUT2D eigenvalue weighted by Crippen LogP contribution is 2.14. The lowest BCUT2D eigenvalue weighted by molar-refractivity contribution is 0.219. The van der Waals surface area contributed by atoms with Crippen LogP contribution in [0.5, 0.6) is 0 Å². The van der Waals surface area contributed by atoms with Gasteiger partial charge in [0.25, 0.3) is 0 Å². The van der Waals surface area contributed by atoms with Crippen molar-refractivity contribution >= 4 is 11.7 Å². The second-order valence-corrected chi connectivity index (χ2v) is 5.09. The van der Waals surface area contributed by atoms with Crippen molar-refractivity contribution in [3.8, 4) is 0 Å². The average Bonchev–Trinajstić information content (AvgIpc) is 2.73. The van der Waals surface area contributed by atoms with E-state index >= 15 is 0 Å². The number of nitrogens with zero attached hydrogens (tertiary/aromatic N) is 2. The summed E-state index contributed by atoms with van der Waals surface area (Å²) in [4.78, 5) is 13.7. The van der Waals surface area contributed by atoms with Crippen LogP contribution in [0, 0.1) is 20.8 Å². The Kier molecular flexibility index (Phi) is 4.08. The second-order valence-electron chi connectivity index (χ2n) is 5.09. The molecule has 2 aromatic rings. The fourth-order valence-electron chi connectivity index (χ4n) is 2.07. The Labute approximate surface area is 118 Å². The summed E-state index contributed by atoms with van der Waals surface area (Å²) in [5.41, 5.74) is 3.78. The Morgan fingerprint density at radius 3 is 2.40 bits per heavy atom. The maximum absolute atomic E-state index is 12.1. The molecule has 0 spiro atoms. The highest BCUT2D eigenvalue weighted by molar-refractivity contribution is 5.89. The molecule has 106 valence electrons. The van der Waals surface area contributed by atoms with Gasteiger partial charge in [-0.2, -0.15) is 0 Å². The van der Waals surface area contributed by atoms with Crippen LogP contribution in [0.15, 0.2) is 28.8 Å². The van der Waals surface area contributed by atoms with Crippen molar-refractivity contribution in [2.45, 2.75) is 27.3 Å². The van der Waals surface area contributed by atoms with Crippen LogP contribution in [-0.2, 0) is 6.54 Å². The van der Waals surface area contributed by atoms with Gasteiger partial charge in [0.1, 0.15) is 11.5 Å². The number of benzene rings is 1. The first-order valence-electron chi connectivity index (χ1n) is 6.46. The number of nitrogens with one attached hydrogen (secondary N) is 1. The zero-order valence-corrected chi connectivity index (χ0v) is 12.2. The fourth-order valence-corrected chi connectivity index (χ4v) is 2.07. The minimum atomic E-state index is -0.171. The first kappa shape index (κ1) is 14.1. The Morgan fingerprint density at radius 2 is 1.85 bits per heavy atom. The quantitative estimate of drug-likeness (QED) is 0.933. The van der Waals surface area contributed by atoms with E-state index in [9.17, 15) is 4.79 Å². The van der Waals surface area contributed by atoms with E-state index in [1.165, 1.54) is 0 Å². The summed E-state index contributed by atoms with van der Waals surface area (Å²) in [6.07, 6.45) is 0. The van der Waals surface area contributed by atoms with Crippen LogP contribution in [0.1, 0.15) is 22.6 Å². The van der Waals surface area contributed by atoms with E-state index in [1.807, 2.05) is 39.0 Å². The van der Waals surface area contributed by atoms with Gasteiger partial charge in [-0.25, -0.2) is 4.79 Å². The van der Waals surface area contributed by atoms with Gasteiger partial charge in [0.2, 0.25) is 0 Å². The Bertz CT molecular complexity index is 599. The van der Waals surface area contributed by atoms with E-state index < -0.39 is 0 Å². The molecule has 1 N–H and O–H groups in total. The summed E-state index contributed by atoms with van der Waals surface area (Å²) in [7, 11) is 1.72. The van der Waals surface area contributed by atoms with Gasteiger partial charge >= 0.3 is 6.03 Å².